The first kappa shape index (κ1) is 22.5. The van der Waals surface area contributed by atoms with Crippen LogP contribution in [0, 0.1) is 6.92 Å². The van der Waals surface area contributed by atoms with E-state index in [1.165, 1.54) is 23.1 Å². The molecule has 2 aromatic carbocycles. The van der Waals surface area contributed by atoms with E-state index >= 15 is 0 Å². The molecule has 1 aliphatic rings. The summed E-state index contributed by atoms with van der Waals surface area (Å²) < 4.78 is 13.2. The highest BCUT2D eigenvalue weighted by molar-refractivity contribution is 7.99. The lowest BCUT2D eigenvalue weighted by Crippen LogP contribution is -2.39. The van der Waals surface area contributed by atoms with Crippen LogP contribution in [0.5, 0.6) is 11.5 Å². The van der Waals surface area contributed by atoms with E-state index in [0.29, 0.717) is 40.8 Å². The molecule has 0 fully saturated rings. The highest BCUT2D eigenvalue weighted by Gasteiger charge is 2.24. The minimum atomic E-state index is -0.0990. The molecule has 7 nitrogen and oxygen atoms in total. The fraction of sp³-hybridized carbons (Fsp3) is 0.240. The zero-order valence-electron chi connectivity index (χ0n) is 18.8. The van der Waals surface area contributed by atoms with Gasteiger partial charge in [-0.1, -0.05) is 30.0 Å². The molecule has 1 aliphatic heterocycles. The molecule has 0 bridgehead atoms. The Labute approximate surface area is 204 Å². The number of methoxy groups -OCH3 is 1. The van der Waals surface area contributed by atoms with E-state index in [1.807, 2.05) is 60.8 Å². The highest BCUT2D eigenvalue weighted by Crippen LogP contribution is 2.33. The van der Waals surface area contributed by atoms with Crippen LogP contribution in [-0.4, -0.2) is 41.5 Å². The van der Waals surface area contributed by atoms with Gasteiger partial charge in [-0.15, -0.1) is 11.3 Å². The number of benzene rings is 2. The van der Waals surface area contributed by atoms with Crippen molar-refractivity contribution in [3.05, 3.63) is 75.4 Å². The first-order valence-corrected chi connectivity index (χ1v) is 12.7. The molecule has 9 heteroatoms. The van der Waals surface area contributed by atoms with Gasteiger partial charge in [0.1, 0.15) is 22.8 Å². The van der Waals surface area contributed by atoms with Gasteiger partial charge >= 0.3 is 0 Å². The van der Waals surface area contributed by atoms with Crippen molar-refractivity contribution >= 4 is 44.9 Å². The van der Waals surface area contributed by atoms with Crippen LogP contribution in [0.25, 0.3) is 10.2 Å². The molecular formula is C25H23N3O4S2. The number of hydrogen-bond donors (Lipinski definition) is 0. The van der Waals surface area contributed by atoms with E-state index in [2.05, 4.69) is 0 Å². The average Bonchev–Trinajstić information content (AvgIpc) is 3.33. The Morgan fingerprint density at radius 1 is 1.21 bits per heavy atom. The Hall–Kier alpha value is -3.30. The number of carbonyl (C=O) groups is 1. The summed E-state index contributed by atoms with van der Waals surface area (Å²) in [5.74, 6) is 1.59. The van der Waals surface area contributed by atoms with Gasteiger partial charge in [-0.2, -0.15) is 0 Å². The standard InChI is InChI=1S/C25H23N3O4S2/c1-16-3-8-21-20(13-16)27(10-11-32-21)22(29)15-34-25-26-19-9-12-33-23(19)24(30)28(25)14-17-4-6-18(31-2)7-5-17/h3-9,12-13H,10-11,14-15H2,1-2H3. The van der Waals surface area contributed by atoms with Gasteiger partial charge in [0.2, 0.25) is 5.91 Å². The number of thioether (sulfide) groups is 1. The molecule has 5 rings (SSSR count). The third-order valence-corrected chi connectivity index (χ3v) is 7.49. The largest absolute Gasteiger partial charge is 0.497 e. The number of hydrogen-bond acceptors (Lipinski definition) is 7. The highest BCUT2D eigenvalue weighted by atomic mass is 32.2. The molecule has 0 atom stereocenters. The van der Waals surface area contributed by atoms with Crippen LogP contribution in [0.15, 0.2) is 63.9 Å². The number of fused-ring (bicyclic) bond motifs is 2. The summed E-state index contributed by atoms with van der Waals surface area (Å²) in [6, 6.07) is 15.3. The van der Waals surface area contributed by atoms with Gasteiger partial charge in [0.15, 0.2) is 5.16 Å². The Morgan fingerprint density at radius 3 is 2.82 bits per heavy atom. The summed E-state index contributed by atoms with van der Waals surface area (Å²) in [4.78, 5) is 33.0. The van der Waals surface area contributed by atoms with E-state index in [-0.39, 0.29) is 17.2 Å². The van der Waals surface area contributed by atoms with Crippen LogP contribution in [-0.2, 0) is 11.3 Å². The van der Waals surface area contributed by atoms with E-state index < -0.39 is 0 Å². The molecule has 0 radical (unpaired) electrons. The zero-order chi connectivity index (χ0) is 23.7. The second-order valence-corrected chi connectivity index (χ2v) is 9.78. The third-order valence-electron chi connectivity index (χ3n) is 5.63. The SMILES string of the molecule is COc1ccc(Cn2c(SCC(=O)N3CCOc4ccc(C)cc43)nc3ccsc3c2=O)cc1. The van der Waals surface area contributed by atoms with Crippen molar-refractivity contribution in [2.75, 3.05) is 30.9 Å². The third kappa shape index (κ3) is 4.41. The summed E-state index contributed by atoms with van der Waals surface area (Å²) in [5, 5.41) is 2.39. The van der Waals surface area contributed by atoms with Crippen LogP contribution < -0.4 is 19.9 Å². The van der Waals surface area contributed by atoms with Crippen LogP contribution in [0.2, 0.25) is 0 Å². The molecule has 0 spiro atoms. The molecule has 34 heavy (non-hydrogen) atoms. The summed E-state index contributed by atoms with van der Waals surface area (Å²) in [6.45, 7) is 3.29. The Bertz CT molecular complexity index is 1410. The van der Waals surface area contributed by atoms with Gasteiger partial charge in [-0.3, -0.25) is 14.2 Å². The van der Waals surface area contributed by atoms with Crippen molar-refractivity contribution in [3.63, 3.8) is 0 Å². The average molecular weight is 494 g/mol. The second-order valence-electron chi connectivity index (χ2n) is 7.92. The normalized spacial score (nSPS) is 12.9. The number of thiophene rings is 1. The maximum Gasteiger partial charge on any atom is 0.272 e. The van der Waals surface area contributed by atoms with Crippen LogP contribution >= 0.6 is 23.1 Å². The predicted molar refractivity (Wildman–Crippen MR) is 136 cm³/mol. The molecule has 0 N–H and O–H groups in total. The van der Waals surface area contributed by atoms with Gasteiger partial charge in [-0.25, -0.2) is 4.98 Å². The lowest BCUT2D eigenvalue weighted by atomic mass is 10.1. The first-order chi connectivity index (χ1) is 16.5. The number of aryl methyl sites for hydroxylation is 1. The molecule has 0 saturated carbocycles. The number of anilines is 1. The van der Waals surface area contributed by atoms with Gasteiger partial charge in [0, 0.05) is 0 Å². The van der Waals surface area contributed by atoms with Gasteiger partial charge in [0.05, 0.1) is 37.2 Å². The van der Waals surface area contributed by atoms with E-state index in [1.54, 1.807) is 16.6 Å². The molecule has 3 heterocycles. The van der Waals surface area contributed by atoms with Gasteiger partial charge in [0.25, 0.3) is 5.56 Å². The number of rotatable bonds is 6. The second kappa shape index (κ2) is 9.52. The van der Waals surface area contributed by atoms with E-state index in [0.717, 1.165) is 22.6 Å². The number of amides is 1. The van der Waals surface area contributed by atoms with Crippen molar-refractivity contribution in [3.8, 4) is 11.5 Å². The van der Waals surface area contributed by atoms with Crippen molar-refractivity contribution < 1.29 is 14.3 Å². The maximum absolute atomic E-state index is 13.3. The Kier molecular flexibility index (Phi) is 6.30. The summed E-state index contributed by atoms with van der Waals surface area (Å²) >= 11 is 2.67. The van der Waals surface area contributed by atoms with Crippen molar-refractivity contribution in [2.24, 2.45) is 0 Å². The maximum atomic E-state index is 13.3. The Morgan fingerprint density at radius 2 is 2.03 bits per heavy atom. The minimum Gasteiger partial charge on any atom is -0.497 e. The van der Waals surface area contributed by atoms with Crippen LogP contribution in [0.1, 0.15) is 11.1 Å². The monoisotopic (exact) mass is 493 g/mol. The van der Waals surface area contributed by atoms with Crippen LogP contribution in [0.4, 0.5) is 5.69 Å². The number of ether oxygens (including phenoxy) is 2. The number of carbonyl (C=O) groups excluding carboxylic acids is 1. The topological polar surface area (TPSA) is 73.7 Å². The fourth-order valence-corrected chi connectivity index (χ4v) is 5.53. The molecule has 2 aromatic heterocycles. The lowest BCUT2D eigenvalue weighted by molar-refractivity contribution is -0.116. The van der Waals surface area contributed by atoms with E-state index in [4.69, 9.17) is 14.5 Å². The van der Waals surface area contributed by atoms with Crippen molar-refractivity contribution in [1.82, 2.24) is 9.55 Å². The summed E-state index contributed by atoms with van der Waals surface area (Å²) in [6.07, 6.45) is 0. The Balaban J connectivity index is 1.42. The molecule has 0 saturated heterocycles. The predicted octanol–water partition coefficient (Wildman–Crippen LogP) is 4.34. The quantitative estimate of drug-likeness (QED) is 0.294. The van der Waals surface area contributed by atoms with E-state index in [9.17, 15) is 9.59 Å². The fourth-order valence-electron chi connectivity index (χ4n) is 3.88. The minimum absolute atomic E-state index is 0.0455. The lowest BCUT2D eigenvalue weighted by Gasteiger charge is -2.29. The molecule has 174 valence electrons. The first-order valence-electron chi connectivity index (χ1n) is 10.8. The van der Waals surface area contributed by atoms with Gasteiger partial charge in [-0.05, 0) is 53.8 Å². The molecule has 4 aromatic rings. The summed E-state index contributed by atoms with van der Waals surface area (Å²) in [5.41, 5.74) is 3.36. The molecule has 0 aliphatic carbocycles. The van der Waals surface area contributed by atoms with Crippen LogP contribution in [0.3, 0.4) is 0 Å². The molecule has 1 amide bonds. The summed E-state index contributed by atoms with van der Waals surface area (Å²) in [7, 11) is 1.62. The number of aromatic nitrogens is 2. The van der Waals surface area contributed by atoms with Crippen molar-refractivity contribution in [1.29, 1.82) is 0 Å². The van der Waals surface area contributed by atoms with Crippen molar-refractivity contribution in [2.45, 2.75) is 18.6 Å². The number of nitrogens with zero attached hydrogens (tertiary/aromatic N) is 3. The smallest absolute Gasteiger partial charge is 0.272 e. The van der Waals surface area contributed by atoms with Gasteiger partial charge < -0.3 is 14.4 Å². The zero-order valence-corrected chi connectivity index (χ0v) is 20.4. The molecular weight excluding hydrogens is 470 g/mol. The molecule has 0 unspecified atom stereocenters.